The second-order valence-corrected chi connectivity index (χ2v) is 6.29. The number of hydrogen-bond acceptors (Lipinski definition) is 4. The summed E-state index contributed by atoms with van der Waals surface area (Å²) in [7, 11) is 1.65. The van der Waals surface area contributed by atoms with Gasteiger partial charge in [0, 0.05) is 51.1 Å². The second kappa shape index (κ2) is 8.09. The fourth-order valence-electron chi connectivity index (χ4n) is 2.89. The maximum atomic E-state index is 12.2. The molecular formula is C19H23N3O3. The quantitative estimate of drug-likeness (QED) is 0.882. The van der Waals surface area contributed by atoms with Gasteiger partial charge in [-0.3, -0.25) is 14.5 Å². The molecule has 0 aliphatic carbocycles. The van der Waals surface area contributed by atoms with Gasteiger partial charge in [-0.1, -0.05) is 30.3 Å². The summed E-state index contributed by atoms with van der Waals surface area (Å²) in [6.07, 6.45) is 1.55. The number of nitrogens with one attached hydrogen (secondary N) is 1. The number of pyridine rings is 1. The maximum absolute atomic E-state index is 12.2. The lowest BCUT2D eigenvalue weighted by Gasteiger charge is -2.33. The van der Waals surface area contributed by atoms with Crippen molar-refractivity contribution in [3.8, 4) is 0 Å². The van der Waals surface area contributed by atoms with Gasteiger partial charge in [0.15, 0.2) is 0 Å². The van der Waals surface area contributed by atoms with Gasteiger partial charge >= 0.3 is 0 Å². The summed E-state index contributed by atoms with van der Waals surface area (Å²) in [6.45, 7) is 3.61. The fourth-order valence-corrected chi connectivity index (χ4v) is 2.89. The minimum Gasteiger partial charge on any atom is -0.374 e. The predicted octanol–water partition coefficient (Wildman–Crippen LogP) is 1.02. The molecule has 1 aromatic heterocycles. The molecule has 2 heterocycles. The Labute approximate surface area is 147 Å². The Bertz CT molecular complexity index is 773. The van der Waals surface area contributed by atoms with E-state index in [4.69, 9.17) is 4.74 Å². The van der Waals surface area contributed by atoms with E-state index in [0.717, 1.165) is 19.6 Å². The first-order chi connectivity index (χ1) is 12.1. The molecule has 1 aliphatic rings. The highest BCUT2D eigenvalue weighted by Gasteiger charge is 2.21. The van der Waals surface area contributed by atoms with Crippen molar-refractivity contribution in [3.05, 3.63) is 70.1 Å². The van der Waals surface area contributed by atoms with E-state index in [0.29, 0.717) is 18.7 Å². The van der Waals surface area contributed by atoms with E-state index >= 15 is 0 Å². The first kappa shape index (κ1) is 17.4. The molecule has 1 atom stereocenters. The molecule has 2 aromatic rings. The molecule has 6 heteroatoms. The molecule has 1 aliphatic heterocycles. The van der Waals surface area contributed by atoms with Crippen LogP contribution in [0.2, 0.25) is 0 Å². The summed E-state index contributed by atoms with van der Waals surface area (Å²) >= 11 is 0. The lowest BCUT2D eigenvalue weighted by Crippen LogP contribution is -2.47. The van der Waals surface area contributed by atoms with Crippen LogP contribution in [-0.2, 0) is 18.3 Å². The highest BCUT2D eigenvalue weighted by molar-refractivity contribution is 5.93. The number of nitrogens with zero attached hydrogens (tertiary/aromatic N) is 2. The summed E-state index contributed by atoms with van der Waals surface area (Å²) in [6, 6.07) is 13.3. The molecule has 6 nitrogen and oxygen atoms in total. The molecule has 25 heavy (non-hydrogen) atoms. The number of aromatic nitrogens is 1. The Morgan fingerprint density at radius 1 is 1.28 bits per heavy atom. The molecule has 1 unspecified atom stereocenters. The van der Waals surface area contributed by atoms with Crippen molar-refractivity contribution < 1.29 is 9.53 Å². The van der Waals surface area contributed by atoms with Gasteiger partial charge in [0.25, 0.3) is 11.5 Å². The zero-order valence-corrected chi connectivity index (χ0v) is 14.4. The van der Waals surface area contributed by atoms with E-state index in [-0.39, 0.29) is 17.6 Å². The molecule has 1 saturated heterocycles. The lowest BCUT2D eigenvalue weighted by atomic mass is 10.2. The minimum absolute atomic E-state index is 0.0482. The monoisotopic (exact) mass is 341 g/mol. The zero-order valence-electron chi connectivity index (χ0n) is 14.4. The fraction of sp³-hybridized carbons (Fsp3) is 0.368. The Hall–Kier alpha value is -2.44. The molecule has 1 N–H and O–H groups in total. The second-order valence-electron chi connectivity index (χ2n) is 6.29. The minimum atomic E-state index is -0.249. The number of carbonyl (C=O) groups excluding carboxylic acids is 1. The van der Waals surface area contributed by atoms with Crippen LogP contribution in [0.15, 0.2) is 53.5 Å². The predicted molar refractivity (Wildman–Crippen MR) is 95.5 cm³/mol. The van der Waals surface area contributed by atoms with Crippen LogP contribution in [0.4, 0.5) is 0 Å². The van der Waals surface area contributed by atoms with Gasteiger partial charge in [-0.15, -0.1) is 0 Å². The SMILES string of the molecule is Cn1ccc(C(=O)NCC2CN(Cc3ccccc3)CCO2)cc1=O. The molecule has 0 spiro atoms. The van der Waals surface area contributed by atoms with E-state index in [2.05, 4.69) is 22.3 Å². The topological polar surface area (TPSA) is 63.6 Å². The van der Waals surface area contributed by atoms with Crippen molar-refractivity contribution in [1.82, 2.24) is 14.8 Å². The first-order valence-electron chi connectivity index (χ1n) is 8.44. The number of benzene rings is 1. The van der Waals surface area contributed by atoms with Crippen molar-refractivity contribution in [3.63, 3.8) is 0 Å². The van der Waals surface area contributed by atoms with Crippen LogP contribution in [0.3, 0.4) is 0 Å². The molecule has 0 radical (unpaired) electrons. The molecule has 1 amide bonds. The molecule has 0 bridgehead atoms. The van der Waals surface area contributed by atoms with E-state index in [9.17, 15) is 9.59 Å². The third-order valence-electron chi connectivity index (χ3n) is 4.33. The van der Waals surface area contributed by atoms with E-state index in [1.54, 1.807) is 19.3 Å². The molecule has 3 rings (SSSR count). The van der Waals surface area contributed by atoms with E-state index < -0.39 is 0 Å². The number of morpholine rings is 1. The normalized spacial score (nSPS) is 18.0. The zero-order chi connectivity index (χ0) is 17.6. The van der Waals surface area contributed by atoms with Crippen molar-refractivity contribution in [2.75, 3.05) is 26.2 Å². The van der Waals surface area contributed by atoms with E-state index in [1.807, 2.05) is 18.2 Å². The van der Waals surface area contributed by atoms with Crippen LogP contribution in [-0.4, -0.2) is 47.7 Å². The summed E-state index contributed by atoms with van der Waals surface area (Å²) in [5.41, 5.74) is 1.45. The summed E-state index contributed by atoms with van der Waals surface area (Å²) in [4.78, 5) is 26.1. The number of carbonyl (C=O) groups is 1. The van der Waals surface area contributed by atoms with Gasteiger partial charge in [-0.2, -0.15) is 0 Å². The number of ether oxygens (including phenoxy) is 1. The van der Waals surface area contributed by atoms with Crippen LogP contribution < -0.4 is 10.9 Å². The number of hydrogen-bond donors (Lipinski definition) is 1. The van der Waals surface area contributed by atoms with Crippen LogP contribution in [0.1, 0.15) is 15.9 Å². The van der Waals surface area contributed by atoms with Crippen LogP contribution in [0, 0.1) is 0 Å². The highest BCUT2D eigenvalue weighted by atomic mass is 16.5. The maximum Gasteiger partial charge on any atom is 0.251 e. The van der Waals surface area contributed by atoms with Gasteiger partial charge in [0.05, 0.1) is 12.7 Å². The standard InChI is InChI=1S/C19H23N3O3/c1-21-8-7-16(11-18(21)23)19(24)20-12-17-14-22(9-10-25-17)13-15-5-3-2-4-6-15/h2-8,11,17H,9-10,12-14H2,1H3,(H,20,24). The lowest BCUT2D eigenvalue weighted by molar-refractivity contribution is -0.0292. The average molecular weight is 341 g/mol. The summed E-state index contributed by atoms with van der Waals surface area (Å²) in [5, 5.41) is 2.86. The Balaban J connectivity index is 1.51. The van der Waals surface area contributed by atoms with Crippen molar-refractivity contribution in [1.29, 1.82) is 0 Å². The van der Waals surface area contributed by atoms with Crippen molar-refractivity contribution in [2.45, 2.75) is 12.6 Å². The molecule has 1 fully saturated rings. The Morgan fingerprint density at radius 2 is 2.08 bits per heavy atom. The average Bonchev–Trinajstić information content (AvgIpc) is 2.63. The van der Waals surface area contributed by atoms with Crippen molar-refractivity contribution >= 4 is 5.91 Å². The van der Waals surface area contributed by atoms with Gasteiger partial charge < -0.3 is 14.6 Å². The largest absolute Gasteiger partial charge is 0.374 e. The third-order valence-corrected chi connectivity index (χ3v) is 4.33. The Morgan fingerprint density at radius 3 is 2.84 bits per heavy atom. The van der Waals surface area contributed by atoms with E-state index in [1.165, 1.54) is 16.2 Å². The van der Waals surface area contributed by atoms with Crippen LogP contribution >= 0.6 is 0 Å². The van der Waals surface area contributed by atoms with Crippen LogP contribution in [0.5, 0.6) is 0 Å². The Kier molecular flexibility index (Phi) is 5.63. The molecule has 0 saturated carbocycles. The van der Waals surface area contributed by atoms with Crippen molar-refractivity contribution in [2.24, 2.45) is 7.05 Å². The first-order valence-corrected chi connectivity index (χ1v) is 8.44. The summed E-state index contributed by atoms with van der Waals surface area (Å²) < 4.78 is 7.19. The number of aryl methyl sites for hydroxylation is 1. The third kappa shape index (κ3) is 4.78. The molecular weight excluding hydrogens is 318 g/mol. The smallest absolute Gasteiger partial charge is 0.251 e. The summed E-state index contributed by atoms with van der Waals surface area (Å²) in [5.74, 6) is -0.249. The molecule has 1 aromatic carbocycles. The number of amides is 1. The highest BCUT2D eigenvalue weighted by Crippen LogP contribution is 2.10. The van der Waals surface area contributed by atoms with Gasteiger partial charge in [-0.05, 0) is 11.6 Å². The molecule has 132 valence electrons. The van der Waals surface area contributed by atoms with Gasteiger partial charge in [0.1, 0.15) is 0 Å². The number of rotatable bonds is 5. The van der Waals surface area contributed by atoms with Gasteiger partial charge in [-0.25, -0.2) is 0 Å². The van der Waals surface area contributed by atoms with Crippen LogP contribution in [0.25, 0.3) is 0 Å². The van der Waals surface area contributed by atoms with Gasteiger partial charge in [0.2, 0.25) is 0 Å².